The van der Waals surface area contributed by atoms with Gasteiger partial charge in [0, 0.05) is 20.6 Å². The van der Waals surface area contributed by atoms with Crippen molar-refractivity contribution in [3.05, 3.63) is 20.8 Å². The lowest BCUT2D eigenvalue weighted by atomic mass is 9.95. The Balaban J connectivity index is 2.03. The second-order valence-electron chi connectivity index (χ2n) is 3.71. The van der Waals surface area contributed by atoms with Crippen molar-refractivity contribution >= 4 is 27.3 Å². The van der Waals surface area contributed by atoms with Crippen LogP contribution in [0.2, 0.25) is 0 Å². The van der Waals surface area contributed by atoms with Gasteiger partial charge in [0.2, 0.25) is 0 Å². The zero-order valence-electron chi connectivity index (χ0n) is 7.94. The third kappa shape index (κ3) is 2.19. The summed E-state index contributed by atoms with van der Waals surface area (Å²) in [5.74, 6) is 0.251. The molecule has 0 bridgehead atoms. The molecule has 0 radical (unpaired) electrons. The molecule has 3 atom stereocenters. The Bertz CT molecular complexity index is 303. The van der Waals surface area contributed by atoms with Gasteiger partial charge in [-0.15, -0.1) is 11.3 Å². The summed E-state index contributed by atoms with van der Waals surface area (Å²) >= 11 is 5.16. The van der Waals surface area contributed by atoms with Crippen molar-refractivity contribution in [3.8, 4) is 0 Å². The first-order chi connectivity index (χ1) is 6.66. The average molecular weight is 277 g/mol. The van der Waals surface area contributed by atoms with Gasteiger partial charge in [-0.05, 0) is 35.3 Å². The van der Waals surface area contributed by atoms with Crippen LogP contribution in [0.5, 0.6) is 0 Å². The minimum absolute atomic E-state index is 0.172. The Kier molecular flexibility index (Phi) is 3.27. The van der Waals surface area contributed by atoms with Crippen LogP contribution in [0.1, 0.15) is 11.8 Å². The van der Waals surface area contributed by atoms with Crippen LogP contribution in [-0.4, -0.2) is 23.9 Å². The molecule has 0 spiro atoms. The number of hydrogen-bond donors (Lipinski definition) is 1. The van der Waals surface area contributed by atoms with Gasteiger partial charge in [0.1, 0.15) is 0 Å². The Labute approximate surface area is 96.0 Å². The lowest BCUT2D eigenvalue weighted by molar-refractivity contribution is 0.0964. The number of rotatable bonds is 2. The zero-order chi connectivity index (χ0) is 10.1. The van der Waals surface area contributed by atoms with Crippen LogP contribution >= 0.6 is 27.3 Å². The van der Waals surface area contributed by atoms with E-state index in [2.05, 4.69) is 27.4 Å². The maximum absolute atomic E-state index is 9.70. The SMILES string of the molecule is CC1OCC(O)C1Cc1cc(Br)cs1. The molecule has 2 rings (SSSR count). The number of ether oxygens (including phenoxy) is 1. The van der Waals surface area contributed by atoms with Gasteiger partial charge in [-0.25, -0.2) is 0 Å². The summed E-state index contributed by atoms with van der Waals surface area (Å²) in [5.41, 5.74) is 0. The van der Waals surface area contributed by atoms with E-state index in [-0.39, 0.29) is 18.1 Å². The molecule has 0 aromatic carbocycles. The molecule has 0 saturated carbocycles. The molecule has 2 heterocycles. The van der Waals surface area contributed by atoms with Gasteiger partial charge < -0.3 is 9.84 Å². The summed E-state index contributed by atoms with van der Waals surface area (Å²) < 4.78 is 6.52. The highest BCUT2D eigenvalue weighted by atomic mass is 79.9. The molecule has 1 saturated heterocycles. The van der Waals surface area contributed by atoms with E-state index in [9.17, 15) is 5.11 Å². The van der Waals surface area contributed by atoms with Crippen molar-refractivity contribution in [3.63, 3.8) is 0 Å². The quantitative estimate of drug-likeness (QED) is 0.899. The normalized spacial score (nSPS) is 32.4. The fraction of sp³-hybridized carbons (Fsp3) is 0.600. The molecule has 1 aliphatic rings. The molecule has 14 heavy (non-hydrogen) atoms. The Morgan fingerprint density at radius 2 is 2.50 bits per heavy atom. The topological polar surface area (TPSA) is 29.5 Å². The van der Waals surface area contributed by atoms with Gasteiger partial charge in [-0.3, -0.25) is 0 Å². The number of halogens is 1. The molecular weight excluding hydrogens is 264 g/mol. The third-order valence-corrected chi connectivity index (χ3v) is 4.41. The molecular formula is C10H13BrO2S. The Morgan fingerprint density at radius 3 is 3.00 bits per heavy atom. The van der Waals surface area contributed by atoms with Crippen LogP contribution in [0.15, 0.2) is 15.9 Å². The predicted molar refractivity (Wildman–Crippen MR) is 60.6 cm³/mol. The van der Waals surface area contributed by atoms with Gasteiger partial charge >= 0.3 is 0 Å². The maximum atomic E-state index is 9.70. The van der Waals surface area contributed by atoms with Crippen LogP contribution in [-0.2, 0) is 11.2 Å². The minimum atomic E-state index is -0.300. The highest BCUT2D eigenvalue weighted by Crippen LogP contribution is 2.29. The van der Waals surface area contributed by atoms with Crippen molar-refractivity contribution in [1.82, 2.24) is 0 Å². The molecule has 2 nitrogen and oxygen atoms in total. The van der Waals surface area contributed by atoms with E-state index < -0.39 is 0 Å². The summed E-state index contributed by atoms with van der Waals surface area (Å²) in [4.78, 5) is 1.30. The van der Waals surface area contributed by atoms with Crippen molar-refractivity contribution in [2.24, 2.45) is 5.92 Å². The minimum Gasteiger partial charge on any atom is -0.390 e. The Morgan fingerprint density at radius 1 is 1.71 bits per heavy atom. The van der Waals surface area contributed by atoms with E-state index in [0.29, 0.717) is 6.61 Å². The van der Waals surface area contributed by atoms with E-state index in [1.165, 1.54) is 4.88 Å². The molecule has 78 valence electrons. The molecule has 0 amide bonds. The van der Waals surface area contributed by atoms with Gasteiger partial charge in [-0.1, -0.05) is 0 Å². The summed E-state index contributed by atoms with van der Waals surface area (Å²) in [6.07, 6.45) is 0.787. The van der Waals surface area contributed by atoms with E-state index in [1.54, 1.807) is 11.3 Å². The first-order valence-corrected chi connectivity index (χ1v) is 6.36. The van der Waals surface area contributed by atoms with E-state index in [1.807, 2.05) is 6.92 Å². The lowest BCUT2D eigenvalue weighted by Crippen LogP contribution is -2.23. The second kappa shape index (κ2) is 4.31. The predicted octanol–water partition coefficient (Wildman–Crippen LogP) is 2.45. The highest BCUT2D eigenvalue weighted by Gasteiger charge is 2.33. The molecule has 1 aromatic rings. The smallest absolute Gasteiger partial charge is 0.0830 e. The highest BCUT2D eigenvalue weighted by molar-refractivity contribution is 9.10. The van der Waals surface area contributed by atoms with Crippen molar-refractivity contribution in [1.29, 1.82) is 0 Å². The number of thiophene rings is 1. The second-order valence-corrected chi connectivity index (χ2v) is 5.62. The standard InChI is InChI=1S/C10H13BrO2S/c1-6-9(10(12)4-13-6)3-8-2-7(11)5-14-8/h2,5-6,9-10,12H,3-4H2,1H3. The van der Waals surface area contributed by atoms with Crippen LogP contribution in [0.25, 0.3) is 0 Å². The molecule has 1 N–H and O–H groups in total. The largest absolute Gasteiger partial charge is 0.390 e. The van der Waals surface area contributed by atoms with Crippen molar-refractivity contribution in [2.45, 2.75) is 25.6 Å². The zero-order valence-corrected chi connectivity index (χ0v) is 10.3. The molecule has 3 unspecified atom stereocenters. The number of hydrogen-bond acceptors (Lipinski definition) is 3. The summed E-state index contributed by atoms with van der Waals surface area (Å²) in [7, 11) is 0. The van der Waals surface area contributed by atoms with Gasteiger partial charge in [0.05, 0.1) is 18.8 Å². The summed E-state index contributed by atoms with van der Waals surface area (Å²) in [6.45, 7) is 2.52. The number of aliphatic hydroxyl groups excluding tert-OH is 1. The summed E-state index contributed by atoms with van der Waals surface area (Å²) in [6, 6.07) is 2.11. The van der Waals surface area contributed by atoms with E-state index >= 15 is 0 Å². The van der Waals surface area contributed by atoms with E-state index in [0.717, 1.165) is 10.9 Å². The average Bonchev–Trinajstić information content (AvgIpc) is 2.67. The fourth-order valence-electron chi connectivity index (χ4n) is 1.81. The molecule has 1 aromatic heterocycles. The van der Waals surface area contributed by atoms with E-state index in [4.69, 9.17) is 4.74 Å². The van der Waals surface area contributed by atoms with Crippen LogP contribution in [0.3, 0.4) is 0 Å². The van der Waals surface area contributed by atoms with Crippen LogP contribution in [0, 0.1) is 5.92 Å². The van der Waals surface area contributed by atoms with Crippen LogP contribution in [0.4, 0.5) is 0 Å². The first-order valence-electron chi connectivity index (χ1n) is 4.69. The van der Waals surface area contributed by atoms with Crippen molar-refractivity contribution in [2.75, 3.05) is 6.61 Å². The molecule has 1 aliphatic heterocycles. The molecule has 0 aliphatic carbocycles. The fourth-order valence-corrected chi connectivity index (χ4v) is 3.33. The summed E-state index contributed by atoms with van der Waals surface area (Å²) in [5, 5.41) is 11.8. The third-order valence-electron chi connectivity index (χ3n) is 2.69. The Hall–Kier alpha value is 0.1000. The first kappa shape index (κ1) is 10.6. The number of aliphatic hydroxyl groups is 1. The van der Waals surface area contributed by atoms with Gasteiger partial charge in [0.25, 0.3) is 0 Å². The van der Waals surface area contributed by atoms with Gasteiger partial charge in [-0.2, -0.15) is 0 Å². The van der Waals surface area contributed by atoms with Crippen LogP contribution < -0.4 is 0 Å². The van der Waals surface area contributed by atoms with Crippen molar-refractivity contribution < 1.29 is 9.84 Å². The molecule has 1 fully saturated rings. The lowest BCUT2D eigenvalue weighted by Gasteiger charge is -2.15. The maximum Gasteiger partial charge on any atom is 0.0830 e. The monoisotopic (exact) mass is 276 g/mol. The van der Waals surface area contributed by atoms with Gasteiger partial charge in [0.15, 0.2) is 0 Å². The molecule has 4 heteroatoms.